The quantitative estimate of drug-likeness (QED) is 0.0895. The summed E-state index contributed by atoms with van der Waals surface area (Å²) in [5, 5.41) is 11.9. The van der Waals surface area contributed by atoms with Crippen LogP contribution in [0.5, 0.6) is 0 Å². The average molecular weight is 714 g/mol. The number of nitrogens with one attached hydrogen (secondary N) is 1. The molecule has 2 N–H and O–H groups in total. The molecule has 1 saturated heterocycles. The molecular formula is C40H32F5N3O4. The number of nitrogens with zero attached hydrogens (tertiary/aromatic N) is 2. The van der Waals surface area contributed by atoms with Crippen LogP contribution in [0.25, 0.3) is 22.2 Å². The Morgan fingerprint density at radius 2 is 1.42 bits per heavy atom. The van der Waals surface area contributed by atoms with Gasteiger partial charge in [0, 0.05) is 18.0 Å². The Hall–Kier alpha value is -5.43. The predicted molar refractivity (Wildman–Crippen MR) is 182 cm³/mol. The summed E-state index contributed by atoms with van der Waals surface area (Å²) in [6.07, 6.45) is 0.436. The highest BCUT2D eigenvalue weighted by Crippen LogP contribution is 2.42. The molecule has 6 aromatic rings. The number of halogens is 5. The van der Waals surface area contributed by atoms with Crippen LogP contribution >= 0.6 is 0 Å². The van der Waals surface area contributed by atoms with Crippen LogP contribution in [-0.2, 0) is 29.2 Å². The third-order valence-corrected chi connectivity index (χ3v) is 9.41. The molecule has 4 atom stereocenters. The van der Waals surface area contributed by atoms with Gasteiger partial charge < -0.3 is 24.5 Å². The molecule has 0 radical (unpaired) electrons. The van der Waals surface area contributed by atoms with Gasteiger partial charge >= 0.3 is 0 Å². The Bertz CT molecular complexity index is 2210. The fraction of sp³-hybridized carbons (Fsp3) is 0.200. The lowest BCUT2D eigenvalue weighted by molar-refractivity contribution is -0.276. The summed E-state index contributed by atoms with van der Waals surface area (Å²) in [6, 6.07) is 29.8. The predicted octanol–water partition coefficient (Wildman–Crippen LogP) is 8.31. The van der Waals surface area contributed by atoms with Crippen LogP contribution < -0.4 is 5.32 Å². The van der Waals surface area contributed by atoms with Gasteiger partial charge in [0.2, 0.25) is 5.82 Å². The molecule has 1 amide bonds. The van der Waals surface area contributed by atoms with Gasteiger partial charge in [0.15, 0.2) is 29.6 Å². The molecule has 7 nitrogen and oxygen atoms in total. The number of para-hydroxylation sites is 2. The minimum absolute atomic E-state index is 0.0661. The molecule has 1 aliphatic heterocycles. The number of ether oxygens (including phenoxy) is 2. The zero-order chi connectivity index (χ0) is 36.5. The average Bonchev–Trinajstić information content (AvgIpc) is 3.59. The number of aromatic nitrogens is 2. The van der Waals surface area contributed by atoms with Crippen LogP contribution in [0, 0.1) is 35.0 Å². The molecule has 0 bridgehead atoms. The molecule has 0 saturated carbocycles. The van der Waals surface area contributed by atoms with Gasteiger partial charge in [-0.1, -0.05) is 91.9 Å². The summed E-state index contributed by atoms with van der Waals surface area (Å²) in [5.74, 6) is -12.7. The van der Waals surface area contributed by atoms with Crippen molar-refractivity contribution in [1.82, 2.24) is 14.9 Å². The minimum atomic E-state index is -2.34. The molecule has 0 aliphatic carbocycles. The lowest BCUT2D eigenvalue weighted by Gasteiger charge is -2.41. The Morgan fingerprint density at radius 1 is 0.788 bits per heavy atom. The molecular weight excluding hydrogens is 681 g/mol. The maximum Gasteiger partial charge on any atom is 0.257 e. The number of imidazole rings is 1. The molecule has 7 rings (SSSR count). The first-order valence-electron chi connectivity index (χ1n) is 16.5. The number of fused-ring (bicyclic) bond motifs is 1. The molecule has 2 heterocycles. The van der Waals surface area contributed by atoms with Crippen molar-refractivity contribution < 1.29 is 41.3 Å². The van der Waals surface area contributed by atoms with Gasteiger partial charge in [-0.3, -0.25) is 4.79 Å². The second-order valence-electron chi connectivity index (χ2n) is 12.6. The van der Waals surface area contributed by atoms with Crippen molar-refractivity contribution in [2.45, 2.75) is 45.1 Å². The normalized spacial score (nSPS) is 18.8. The third kappa shape index (κ3) is 6.68. The molecule has 0 unspecified atom stereocenters. The van der Waals surface area contributed by atoms with E-state index < -0.39 is 46.8 Å². The van der Waals surface area contributed by atoms with E-state index in [1.165, 1.54) is 0 Å². The number of amides is 1. The summed E-state index contributed by atoms with van der Waals surface area (Å²) in [5.41, 5.74) is 4.70. The maximum absolute atomic E-state index is 14.3. The summed E-state index contributed by atoms with van der Waals surface area (Å²) < 4.78 is 84.8. The zero-order valence-corrected chi connectivity index (χ0v) is 27.7. The molecule has 52 heavy (non-hydrogen) atoms. The van der Waals surface area contributed by atoms with E-state index in [1.807, 2.05) is 72.8 Å². The van der Waals surface area contributed by atoms with Crippen LogP contribution in [0.4, 0.5) is 22.0 Å². The molecule has 5 aromatic carbocycles. The van der Waals surface area contributed by atoms with Crippen molar-refractivity contribution >= 4 is 16.9 Å². The zero-order valence-electron chi connectivity index (χ0n) is 27.7. The molecule has 1 fully saturated rings. The number of benzene rings is 5. The van der Waals surface area contributed by atoms with Crippen molar-refractivity contribution in [2.75, 3.05) is 0 Å². The lowest BCUT2D eigenvalue weighted by Crippen LogP contribution is -2.39. The summed E-state index contributed by atoms with van der Waals surface area (Å²) >= 11 is 0. The Kier molecular flexibility index (Phi) is 9.87. The van der Waals surface area contributed by atoms with Gasteiger partial charge in [-0.15, -0.1) is 0 Å². The van der Waals surface area contributed by atoms with E-state index in [2.05, 4.69) is 21.8 Å². The molecule has 1 aromatic heterocycles. The van der Waals surface area contributed by atoms with Gasteiger partial charge in [0.1, 0.15) is 5.56 Å². The number of hydrogen-bond acceptors (Lipinski definition) is 5. The van der Waals surface area contributed by atoms with Gasteiger partial charge in [0.25, 0.3) is 5.91 Å². The molecule has 12 heteroatoms. The SMILES string of the molecule is C[C@H]1[C@@H](Cn2cnc3ccccc32)O[C@@H](c2ccc(-c3ccccc3CNC(=O)c3c(F)c(F)c(F)c(F)c3F)cc2)O[C@H]1c1ccc(CO)cc1. The second-order valence-corrected chi connectivity index (χ2v) is 12.6. The Morgan fingerprint density at radius 3 is 2.13 bits per heavy atom. The van der Waals surface area contributed by atoms with Crippen LogP contribution in [0.1, 0.15) is 51.9 Å². The van der Waals surface area contributed by atoms with Crippen LogP contribution in [-0.4, -0.2) is 26.7 Å². The Labute approximate surface area is 295 Å². The topological polar surface area (TPSA) is 85.6 Å². The standard InChI is InChI=1S/C40H32F5N3O4/c1-22-31(19-48-21-47-29-8-4-5-9-30(29)48)51-40(52-38(22)25-12-10-23(20-49)11-13-25)26-16-14-24(15-17-26)28-7-3-2-6-27(28)18-46-39(50)32-33(41)35(43)37(45)36(44)34(32)42/h2-17,21-22,31,38,40,49H,18-20H2,1H3,(H,46,50)/t22-,31+,38+,40+/m0/s1. The number of carbonyl (C=O) groups is 1. The Balaban J connectivity index is 1.13. The number of rotatable bonds is 9. The van der Waals surface area contributed by atoms with Crippen molar-refractivity contribution in [1.29, 1.82) is 0 Å². The van der Waals surface area contributed by atoms with E-state index in [0.717, 1.165) is 33.3 Å². The summed E-state index contributed by atoms with van der Waals surface area (Å²) in [4.78, 5) is 17.2. The van der Waals surface area contributed by atoms with Crippen LogP contribution in [0.3, 0.4) is 0 Å². The van der Waals surface area contributed by atoms with Crippen molar-refractivity contribution in [3.05, 3.63) is 160 Å². The van der Waals surface area contributed by atoms with Crippen molar-refractivity contribution in [2.24, 2.45) is 5.92 Å². The lowest BCUT2D eigenvalue weighted by atomic mass is 9.90. The van der Waals surface area contributed by atoms with Gasteiger partial charge in [0.05, 0.1) is 42.7 Å². The minimum Gasteiger partial charge on any atom is -0.392 e. The number of carbonyl (C=O) groups excluding carboxylic acids is 1. The molecule has 266 valence electrons. The highest BCUT2D eigenvalue weighted by molar-refractivity contribution is 5.95. The van der Waals surface area contributed by atoms with Crippen LogP contribution in [0.2, 0.25) is 0 Å². The van der Waals surface area contributed by atoms with Gasteiger partial charge in [-0.05, 0) is 39.9 Å². The smallest absolute Gasteiger partial charge is 0.257 e. The fourth-order valence-electron chi connectivity index (χ4n) is 6.52. The largest absolute Gasteiger partial charge is 0.392 e. The first kappa shape index (κ1) is 35.0. The monoisotopic (exact) mass is 713 g/mol. The number of hydrogen-bond donors (Lipinski definition) is 2. The molecule has 0 spiro atoms. The van der Waals surface area contributed by atoms with E-state index in [4.69, 9.17) is 9.47 Å². The van der Waals surface area contributed by atoms with E-state index in [9.17, 15) is 31.9 Å². The number of aliphatic hydroxyl groups is 1. The van der Waals surface area contributed by atoms with Gasteiger partial charge in [-0.2, -0.15) is 0 Å². The summed E-state index contributed by atoms with van der Waals surface area (Å²) in [6.45, 7) is 2.27. The van der Waals surface area contributed by atoms with E-state index in [0.29, 0.717) is 17.7 Å². The van der Waals surface area contributed by atoms with Crippen molar-refractivity contribution in [3.63, 3.8) is 0 Å². The van der Waals surface area contributed by atoms with Crippen molar-refractivity contribution in [3.8, 4) is 11.1 Å². The highest BCUT2D eigenvalue weighted by atomic mass is 19.2. The maximum atomic E-state index is 14.3. The molecule has 1 aliphatic rings. The first-order chi connectivity index (χ1) is 25.1. The fourth-order valence-corrected chi connectivity index (χ4v) is 6.52. The van der Waals surface area contributed by atoms with Gasteiger partial charge in [-0.25, -0.2) is 26.9 Å². The highest BCUT2D eigenvalue weighted by Gasteiger charge is 2.39. The third-order valence-electron chi connectivity index (χ3n) is 9.41. The van der Waals surface area contributed by atoms with E-state index in [1.54, 1.807) is 30.6 Å². The summed E-state index contributed by atoms with van der Waals surface area (Å²) in [7, 11) is 0. The first-order valence-corrected chi connectivity index (χ1v) is 16.5. The van der Waals surface area contributed by atoms with E-state index in [-0.39, 0.29) is 31.3 Å². The second kappa shape index (κ2) is 14.7. The van der Waals surface area contributed by atoms with Crippen LogP contribution in [0.15, 0.2) is 103 Å². The van der Waals surface area contributed by atoms with E-state index >= 15 is 0 Å². The number of aliphatic hydroxyl groups excluding tert-OH is 1.